The van der Waals surface area contributed by atoms with Crippen molar-refractivity contribution in [1.29, 1.82) is 0 Å². The van der Waals surface area contributed by atoms with Crippen molar-refractivity contribution in [2.24, 2.45) is 0 Å². The first-order chi connectivity index (χ1) is 8.83. The van der Waals surface area contributed by atoms with Crippen molar-refractivity contribution in [2.75, 3.05) is 6.54 Å². The number of hydrogen-bond donors (Lipinski definition) is 0. The first kappa shape index (κ1) is 11.4. The molecule has 2 aliphatic rings. The quantitative estimate of drug-likeness (QED) is 0.769. The van der Waals surface area contributed by atoms with Gasteiger partial charge in [-0.15, -0.1) is 0 Å². The molecule has 2 heterocycles. The third-order valence-corrected chi connectivity index (χ3v) is 3.45. The first-order valence-electron chi connectivity index (χ1n) is 6.08. The van der Waals surface area contributed by atoms with Crippen molar-refractivity contribution in [3.8, 4) is 0 Å². The fourth-order valence-corrected chi connectivity index (χ4v) is 2.42. The summed E-state index contributed by atoms with van der Waals surface area (Å²) in [6.45, 7) is 0.959. The van der Waals surface area contributed by atoms with Gasteiger partial charge in [0, 0.05) is 23.5 Å². The van der Waals surface area contributed by atoms with Gasteiger partial charge in [0.15, 0.2) is 0 Å². The summed E-state index contributed by atoms with van der Waals surface area (Å²) in [4.78, 5) is 2.27. The Kier molecular flexibility index (Phi) is 3.07. The fraction of sp³-hybridized carbons (Fsp3) is 0.125. The summed E-state index contributed by atoms with van der Waals surface area (Å²) in [7, 11) is 0. The maximum absolute atomic E-state index is 5.91. The number of rotatable bonds is 2. The van der Waals surface area contributed by atoms with Gasteiger partial charge in [-0.2, -0.15) is 0 Å². The number of halogens is 1. The SMILES string of the molecule is Clc1ccc(CC2=C3C=CC=CN3CC=C2)cc1. The third-order valence-electron chi connectivity index (χ3n) is 3.20. The highest BCUT2D eigenvalue weighted by Crippen LogP contribution is 2.24. The highest BCUT2D eigenvalue weighted by molar-refractivity contribution is 6.30. The lowest BCUT2D eigenvalue weighted by Gasteiger charge is -2.28. The third kappa shape index (κ3) is 2.27. The van der Waals surface area contributed by atoms with E-state index in [4.69, 9.17) is 11.6 Å². The molecule has 0 bridgehead atoms. The van der Waals surface area contributed by atoms with E-state index in [1.54, 1.807) is 0 Å². The molecule has 2 aliphatic heterocycles. The molecular formula is C16H14ClN. The topological polar surface area (TPSA) is 3.24 Å². The maximum Gasteiger partial charge on any atom is 0.0444 e. The van der Waals surface area contributed by atoms with Crippen LogP contribution in [0.4, 0.5) is 0 Å². The Bertz CT molecular complexity index is 561. The van der Waals surface area contributed by atoms with Crippen LogP contribution in [0.5, 0.6) is 0 Å². The number of allylic oxidation sites excluding steroid dienone is 5. The number of fused-ring (bicyclic) bond motifs is 1. The Hall–Kier alpha value is -1.73. The second-order valence-electron chi connectivity index (χ2n) is 4.47. The molecule has 0 amide bonds. The first-order valence-corrected chi connectivity index (χ1v) is 6.46. The summed E-state index contributed by atoms with van der Waals surface area (Å²) in [6.07, 6.45) is 13.8. The van der Waals surface area contributed by atoms with Crippen molar-refractivity contribution in [3.05, 3.63) is 82.7 Å². The van der Waals surface area contributed by atoms with Crippen molar-refractivity contribution in [2.45, 2.75) is 6.42 Å². The van der Waals surface area contributed by atoms with E-state index < -0.39 is 0 Å². The van der Waals surface area contributed by atoms with E-state index >= 15 is 0 Å². The van der Waals surface area contributed by atoms with Crippen LogP contribution in [-0.2, 0) is 6.42 Å². The van der Waals surface area contributed by atoms with Gasteiger partial charge >= 0.3 is 0 Å². The van der Waals surface area contributed by atoms with Crippen molar-refractivity contribution < 1.29 is 0 Å². The normalized spacial score (nSPS) is 17.3. The summed E-state index contributed by atoms with van der Waals surface area (Å²) in [5.74, 6) is 0. The monoisotopic (exact) mass is 255 g/mol. The van der Waals surface area contributed by atoms with Crippen LogP contribution in [0.25, 0.3) is 0 Å². The van der Waals surface area contributed by atoms with Gasteiger partial charge in [-0.05, 0) is 41.8 Å². The highest BCUT2D eigenvalue weighted by atomic mass is 35.5. The molecule has 90 valence electrons. The second kappa shape index (κ2) is 4.87. The van der Waals surface area contributed by atoms with Gasteiger partial charge in [0.05, 0.1) is 0 Å². The molecule has 0 unspecified atom stereocenters. The lowest BCUT2D eigenvalue weighted by atomic mass is 9.99. The smallest absolute Gasteiger partial charge is 0.0444 e. The Labute approximate surface area is 112 Å². The fourth-order valence-electron chi connectivity index (χ4n) is 2.29. The van der Waals surface area contributed by atoms with Gasteiger partial charge in [0.1, 0.15) is 0 Å². The van der Waals surface area contributed by atoms with Gasteiger partial charge in [0.25, 0.3) is 0 Å². The largest absolute Gasteiger partial charge is 0.344 e. The molecule has 0 spiro atoms. The van der Waals surface area contributed by atoms with Crippen LogP contribution in [0.1, 0.15) is 5.56 Å². The zero-order valence-corrected chi connectivity index (χ0v) is 10.8. The Morgan fingerprint density at radius 1 is 1.06 bits per heavy atom. The molecule has 1 aromatic rings. The van der Waals surface area contributed by atoms with E-state index in [1.807, 2.05) is 12.1 Å². The van der Waals surface area contributed by atoms with Crippen molar-refractivity contribution >= 4 is 11.6 Å². The van der Waals surface area contributed by atoms with Crippen LogP contribution in [0, 0.1) is 0 Å². The van der Waals surface area contributed by atoms with Gasteiger partial charge in [-0.3, -0.25) is 0 Å². The molecule has 0 radical (unpaired) electrons. The molecule has 0 saturated carbocycles. The number of nitrogens with zero attached hydrogens (tertiary/aromatic N) is 1. The zero-order valence-electron chi connectivity index (χ0n) is 10.0. The van der Waals surface area contributed by atoms with Crippen LogP contribution < -0.4 is 0 Å². The van der Waals surface area contributed by atoms with Crippen molar-refractivity contribution in [1.82, 2.24) is 4.90 Å². The van der Waals surface area contributed by atoms with Crippen molar-refractivity contribution in [3.63, 3.8) is 0 Å². The van der Waals surface area contributed by atoms with E-state index in [9.17, 15) is 0 Å². The molecule has 18 heavy (non-hydrogen) atoms. The average molecular weight is 256 g/mol. The summed E-state index contributed by atoms with van der Waals surface area (Å²) in [5.41, 5.74) is 3.94. The van der Waals surface area contributed by atoms with Crippen LogP contribution in [0.3, 0.4) is 0 Å². The predicted octanol–water partition coefficient (Wildman–Crippen LogP) is 4.09. The predicted molar refractivity (Wildman–Crippen MR) is 76.3 cm³/mol. The Morgan fingerprint density at radius 2 is 1.89 bits per heavy atom. The van der Waals surface area contributed by atoms with Gasteiger partial charge in [-0.25, -0.2) is 0 Å². The summed E-state index contributed by atoms with van der Waals surface area (Å²) in [5, 5.41) is 0.790. The molecule has 0 saturated heterocycles. The Balaban J connectivity index is 1.89. The molecule has 1 nitrogen and oxygen atoms in total. The van der Waals surface area contributed by atoms with E-state index in [1.165, 1.54) is 16.8 Å². The molecule has 3 rings (SSSR count). The summed E-state index contributed by atoms with van der Waals surface area (Å²) in [6, 6.07) is 8.07. The van der Waals surface area contributed by atoms with Gasteiger partial charge in [-0.1, -0.05) is 42.0 Å². The molecular weight excluding hydrogens is 242 g/mol. The molecule has 0 aromatic heterocycles. The second-order valence-corrected chi connectivity index (χ2v) is 4.91. The van der Waals surface area contributed by atoms with Gasteiger partial charge in [0.2, 0.25) is 0 Å². The molecule has 0 N–H and O–H groups in total. The van der Waals surface area contributed by atoms with Crippen LogP contribution in [0.15, 0.2) is 72.1 Å². The standard InChI is InChI=1S/C16H14ClN/c17-15-8-6-13(7-9-15)12-14-4-3-11-18-10-2-1-5-16(14)18/h1-10H,11-12H2. The van der Waals surface area contributed by atoms with E-state index in [0.29, 0.717) is 0 Å². The number of hydrogen-bond acceptors (Lipinski definition) is 1. The minimum absolute atomic E-state index is 0.790. The Morgan fingerprint density at radius 3 is 2.72 bits per heavy atom. The van der Waals surface area contributed by atoms with E-state index in [2.05, 4.69) is 53.6 Å². The summed E-state index contributed by atoms with van der Waals surface area (Å²) >= 11 is 5.91. The molecule has 2 heteroatoms. The molecule has 0 fully saturated rings. The molecule has 0 aliphatic carbocycles. The van der Waals surface area contributed by atoms with E-state index in [0.717, 1.165) is 18.0 Å². The van der Waals surface area contributed by atoms with Gasteiger partial charge < -0.3 is 4.90 Å². The van der Waals surface area contributed by atoms with E-state index in [-0.39, 0.29) is 0 Å². The minimum Gasteiger partial charge on any atom is -0.344 e. The van der Waals surface area contributed by atoms with Crippen LogP contribution in [0.2, 0.25) is 5.02 Å². The average Bonchev–Trinajstić information content (AvgIpc) is 2.42. The molecule has 1 aromatic carbocycles. The maximum atomic E-state index is 5.91. The molecule has 0 atom stereocenters. The number of benzene rings is 1. The van der Waals surface area contributed by atoms with Crippen LogP contribution >= 0.6 is 11.6 Å². The zero-order chi connectivity index (χ0) is 12.4. The minimum atomic E-state index is 0.790. The van der Waals surface area contributed by atoms with Crippen LogP contribution in [-0.4, -0.2) is 11.4 Å². The summed E-state index contributed by atoms with van der Waals surface area (Å²) < 4.78 is 0. The highest BCUT2D eigenvalue weighted by Gasteiger charge is 2.13. The lowest BCUT2D eigenvalue weighted by Crippen LogP contribution is -2.21. The lowest BCUT2D eigenvalue weighted by molar-refractivity contribution is 0.515.